The molecule has 0 saturated heterocycles. The normalized spacial score (nSPS) is 11.2. The van der Waals surface area contributed by atoms with Crippen molar-refractivity contribution in [3.8, 4) is 11.4 Å². The molecule has 0 aromatic rings. The molecule has 0 bridgehead atoms. The highest BCUT2D eigenvalue weighted by atomic mass is 19.1. The number of aromatic amines is 1. The Hall–Kier alpha value is -1.71. The number of halogens is 1. The SMILES string of the molecule is CC(C)c1cc2cc(F)c[nH]c-2nc1=O. The second-order valence-electron chi connectivity index (χ2n) is 3.79. The Balaban J connectivity index is 2.74. The molecule has 0 aliphatic carbocycles. The molecule has 0 unspecified atom stereocenters. The molecular formula is C11H11FN2O. The maximum atomic E-state index is 12.9. The summed E-state index contributed by atoms with van der Waals surface area (Å²) in [6, 6.07) is 3.05. The first-order valence-electron chi connectivity index (χ1n) is 4.77. The Kier molecular flexibility index (Phi) is 2.26. The molecule has 1 N–H and O–H groups in total. The molecule has 0 amide bonds. The molecule has 15 heavy (non-hydrogen) atoms. The second kappa shape index (κ2) is 3.46. The lowest BCUT2D eigenvalue weighted by Crippen LogP contribution is -2.16. The third-order valence-corrected chi connectivity index (χ3v) is 2.31. The predicted octanol–water partition coefficient (Wildman–Crippen LogP) is 2.14. The van der Waals surface area contributed by atoms with Gasteiger partial charge in [-0.05, 0) is 18.1 Å². The Morgan fingerprint density at radius 2 is 2.13 bits per heavy atom. The molecule has 0 atom stereocenters. The molecule has 0 spiro atoms. The van der Waals surface area contributed by atoms with Gasteiger partial charge in [-0.1, -0.05) is 13.8 Å². The van der Waals surface area contributed by atoms with Gasteiger partial charge in [0.1, 0.15) is 11.6 Å². The van der Waals surface area contributed by atoms with Crippen molar-refractivity contribution in [3.63, 3.8) is 0 Å². The van der Waals surface area contributed by atoms with Crippen molar-refractivity contribution in [2.75, 3.05) is 0 Å². The monoisotopic (exact) mass is 206 g/mol. The molecule has 2 aliphatic heterocycles. The molecule has 0 radical (unpaired) electrons. The van der Waals surface area contributed by atoms with Crippen LogP contribution in [0.4, 0.5) is 4.39 Å². The van der Waals surface area contributed by atoms with Gasteiger partial charge in [0.2, 0.25) is 0 Å². The zero-order chi connectivity index (χ0) is 11.0. The van der Waals surface area contributed by atoms with Gasteiger partial charge in [-0.15, -0.1) is 0 Å². The molecule has 0 aromatic heterocycles. The van der Waals surface area contributed by atoms with E-state index in [1.165, 1.54) is 12.3 Å². The van der Waals surface area contributed by atoms with E-state index in [-0.39, 0.29) is 17.3 Å². The van der Waals surface area contributed by atoms with Crippen molar-refractivity contribution >= 4 is 0 Å². The molecule has 0 saturated carbocycles. The summed E-state index contributed by atoms with van der Waals surface area (Å²) >= 11 is 0. The van der Waals surface area contributed by atoms with Crippen LogP contribution in [0.2, 0.25) is 0 Å². The molecular weight excluding hydrogens is 195 g/mol. The highest BCUT2D eigenvalue weighted by Gasteiger charge is 2.12. The van der Waals surface area contributed by atoms with Crippen molar-refractivity contribution in [3.05, 3.63) is 40.1 Å². The Labute approximate surface area is 86.3 Å². The minimum atomic E-state index is -0.363. The van der Waals surface area contributed by atoms with Crippen LogP contribution >= 0.6 is 0 Å². The minimum absolute atomic E-state index is 0.0951. The van der Waals surface area contributed by atoms with E-state index in [4.69, 9.17) is 0 Å². The average Bonchev–Trinajstić information content (AvgIpc) is 2.17. The fourth-order valence-electron chi connectivity index (χ4n) is 1.50. The summed E-state index contributed by atoms with van der Waals surface area (Å²) in [5, 5.41) is 0. The van der Waals surface area contributed by atoms with E-state index in [1.807, 2.05) is 13.8 Å². The van der Waals surface area contributed by atoms with E-state index in [0.29, 0.717) is 17.0 Å². The van der Waals surface area contributed by atoms with E-state index < -0.39 is 0 Å². The summed E-state index contributed by atoms with van der Waals surface area (Å²) < 4.78 is 12.9. The van der Waals surface area contributed by atoms with Gasteiger partial charge in [0.15, 0.2) is 0 Å². The highest BCUT2D eigenvalue weighted by molar-refractivity contribution is 5.57. The summed E-state index contributed by atoms with van der Waals surface area (Å²) in [5.41, 5.74) is 0.986. The zero-order valence-corrected chi connectivity index (χ0v) is 8.54. The van der Waals surface area contributed by atoms with Crippen molar-refractivity contribution in [1.82, 2.24) is 9.97 Å². The first-order valence-corrected chi connectivity index (χ1v) is 4.77. The number of fused-ring (bicyclic) bond motifs is 1. The molecule has 4 heteroatoms. The van der Waals surface area contributed by atoms with Crippen LogP contribution in [-0.4, -0.2) is 9.97 Å². The van der Waals surface area contributed by atoms with Gasteiger partial charge in [-0.25, -0.2) is 4.39 Å². The smallest absolute Gasteiger partial charge is 0.275 e. The Morgan fingerprint density at radius 1 is 1.40 bits per heavy atom. The van der Waals surface area contributed by atoms with Crippen molar-refractivity contribution in [2.45, 2.75) is 19.8 Å². The van der Waals surface area contributed by atoms with Gasteiger partial charge in [0.25, 0.3) is 5.56 Å². The van der Waals surface area contributed by atoms with Gasteiger partial charge in [-0.3, -0.25) is 4.79 Å². The van der Waals surface area contributed by atoms with E-state index in [2.05, 4.69) is 9.97 Å². The van der Waals surface area contributed by atoms with Crippen LogP contribution in [0.1, 0.15) is 25.3 Å². The maximum Gasteiger partial charge on any atom is 0.275 e. The van der Waals surface area contributed by atoms with E-state index in [1.54, 1.807) is 6.07 Å². The van der Waals surface area contributed by atoms with Crippen LogP contribution in [0.25, 0.3) is 11.4 Å². The standard InChI is InChI=1S/C11H11FN2O/c1-6(2)9-4-7-3-8(12)5-13-10(7)14-11(9)15/h3-6H,1-2H3,(H,13,14,15). The van der Waals surface area contributed by atoms with E-state index >= 15 is 0 Å². The molecule has 2 heterocycles. The van der Waals surface area contributed by atoms with Crippen LogP contribution in [-0.2, 0) is 0 Å². The molecule has 3 nitrogen and oxygen atoms in total. The first-order chi connectivity index (χ1) is 7.08. The summed E-state index contributed by atoms with van der Waals surface area (Å²) in [4.78, 5) is 18.0. The zero-order valence-electron chi connectivity index (χ0n) is 8.54. The summed E-state index contributed by atoms with van der Waals surface area (Å²) in [5.74, 6) is 0.154. The molecule has 2 rings (SSSR count). The van der Waals surface area contributed by atoms with Crippen LogP contribution in [0, 0.1) is 5.82 Å². The van der Waals surface area contributed by atoms with Gasteiger partial charge >= 0.3 is 0 Å². The topological polar surface area (TPSA) is 45.8 Å². The summed E-state index contributed by atoms with van der Waals surface area (Å²) in [6.07, 6.45) is 1.18. The lowest BCUT2D eigenvalue weighted by atomic mass is 10.0. The summed E-state index contributed by atoms with van der Waals surface area (Å²) in [7, 11) is 0. The minimum Gasteiger partial charge on any atom is -0.343 e. The number of pyridine rings is 2. The van der Waals surface area contributed by atoms with Gasteiger partial charge in [0, 0.05) is 17.3 Å². The maximum absolute atomic E-state index is 12.9. The summed E-state index contributed by atoms with van der Waals surface area (Å²) in [6.45, 7) is 3.82. The lowest BCUT2D eigenvalue weighted by molar-refractivity contribution is 0.621. The van der Waals surface area contributed by atoms with Crippen LogP contribution in [0.15, 0.2) is 23.1 Å². The lowest BCUT2D eigenvalue weighted by Gasteiger charge is -2.08. The number of hydrogen-bond acceptors (Lipinski definition) is 2. The fourth-order valence-corrected chi connectivity index (χ4v) is 1.50. The Bertz CT molecular complexity index is 519. The van der Waals surface area contributed by atoms with Crippen molar-refractivity contribution in [1.29, 1.82) is 0 Å². The molecule has 0 aromatic carbocycles. The number of hydrogen-bond donors (Lipinski definition) is 1. The largest absolute Gasteiger partial charge is 0.343 e. The van der Waals surface area contributed by atoms with E-state index in [9.17, 15) is 9.18 Å². The average molecular weight is 206 g/mol. The number of nitrogens with zero attached hydrogens (tertiary/aromatic N) is 1. The highest BCUT2D eigenvalue weighted by Crippen LogP contribution is 2.20. The number of rotatable bonds is 1. The second-order valence-corrected chi connectivity index (χ2v) is 3.79. The van der Waals surface area contributed by atoms with Crippen LogP contribution in [0.5, 0.6) is 0 Å². The van der Waals surface area contributed by atoms with Crippen LogP contribution in [0.3, 0.4) is 0 Å². The van der Waals surface area contributed by atoms with Crippen molar-refractivity contribution in [2.24, 2.45) is 0 Å². The number of aromatic nitrogens is 2. The third kappa shape index (κ3) is 1.75. The fraction of sp³-hybridized carbons (Fsp3) is 0.273. The van der Waals surface area contributed by atoms with Crippen molar-refractivity contribution < 1.29 is 4.39 Å². The molecule has 0 fully saturated rings. The molecule has 2 aliphatic rings. The van der Waals surface area contributed by atoms with Crippen LogP contribution < -0.4 is 5.56 Å². The predicted molar refractivity (Wildman–Crippen MR) is 55.5 cm³/mol. The van der Waals surface area contributed by atoms with Gasteiger partial charge < -0.3 is 4.98 Å². The number of nitrogens with one attached hydrogen (secondary N) is 1. The quantitative estimate of drug-likeness (QED) is 0.776. The van der Waals surface area contributed by atoms with Gasteiger partial charge in [-0.2, -0.15) is 4.98 Å². The third-order valence-electron chi connectivity index (χ3n) is 2.31. The Morgan fingerprint density at radius 3 is 2.80 bits per heavy atom. The van der Waals surface area contributed by atoms with Gasteiger partial charge in [0.05, 0.1) is 0 Å². The first kappa shape index (κ1) is 9.83. The molecule has 78 valence electrons. The number of H-pyrrole nitrogens is 1. The van der Waals surface area contributed by atoms with E-state index in [0.717, 1.165) is 0 Å².